The number of guanidine groups is 1. The third-order valence-corrected chi connectivity index (χ3v) is 5.39. The molecule has 0 saturated heterocycles. The van der Waals surface area contributed by atoms with Crippen LogP contribution in [-0.2, 0) is 30.4 Å². The Kier molecular flexibility index (Phi) is 13.5. The molecule has 0 aliphatic heterocycles. The van der Waals surface area contributed by atoms with Gasteiger partial charge in [0, 0.05) is 18.7 Å². The summed E-state index contributed by atoms with van der Waals surface area (Å²) in [6.07, 6.45) is -0.347. The molecule has 37 heavy (non-hydrogen) atoms. The zero-order valence-electron chi connectivity index (χ0n) is 20.0. The molecule has 0 aliphatic rings. The molecular formula is C22H33N7O7S. The van der Waals surface area contributed by atoms with Crippen molar-refractivity contribution < 1.29 is 34.2 Å². The summed E-state index contributed by atoms with van der Waals surface area (Å²) in [6.45, 7) is 0.144. The van der Waals surface area contributed by atoms with Gasteiger partial charge in [-0.3, -0.25) is 24.2 Å². The van der Waals surface area contributed by atoms with Crippen LogP contribution in [0.1, 0.15) is 24.8 Å². The molecule has 0 bridgehead atoms. The number of carboxylic acid groups (broad SMARTS) is 2. The number of carbonyl (C=O) groups excluding carboxylic acids is 3. The number of thiol groups is 1. The summed E-state index contributed by atoms with van der Waals surface area (Å²) in [6, 6.07) is 3.54. The minimum absolute atomic E-state index is 0.00731. The van der Waals surface area contributed by atoms with Gasteiger partial charge in [-0.05, 0) is 18.4 Å². The van der Waals surface area contributed by atoms with Crippen LogP contribution in [0.2, 0.25) is 0 Å². The van der Waals surface area contributed by atoms with E-state index in [4.69, 9.17) is 22.3 Å². The second kappa shape index (κ2) is 16.0. The highest BCUT2D eigenvalue weighted by atomic mass is 32.1. The summed E-state index contributed by atoms with van der Waals surface area (Å²) in [5.41, 5.74) is 16.8. The van der Waals surface area contributed by atoms with Gasteiger partial charge in [-0.2, -0.15) is 12.6 Å². The highest BCUT2D eigenvalue weighted by Crippen LogP contribution is 2.06. The van der Waals surface area contributed by atoms with E-state index in [1.165, 1.54) is 0 Å². The number of nitrogens with one attached hydrogen (secondary N) is 3. The van der Waals surface area contributed by atoms with E-state index in [0.29, 0.717) is 5.56 Å². The molecule has 14 nitrogen and oxygen atoms in total. The number of hydrogen-bond donors (Lipinski definition) is 9. The molecule has 15 heteroatoms. The summed E-state index contributed by atoms with van der Waals surface area (Å²) < 4.78 is 0. The zero-order chi connectivity index (χ0) is 28.0. The lowest BCUT2D eigenvalue weighted by atomic mass is 10.0. The number of rotatable bonds is 16. The van der Waals surface area contributed by atoms with Crippen molar-refractivity contribution in [2.24, 2.45) is 22.2 Å². The summed E-state index contributed by atoms with van der Waals surface area (Å²) in [4.78, 5) is 64.3. The summed E-state index contributed by atoms with van der Waals surface area (Å²) in [7, 11) is 0. The first-order chi connectivity index (χ1) is 17.4. The summed E-state index contributed by atoms with van der Waals surface area (Å²) in [5, 5.41) is 25.6. The smallest absolute Gasteiger partial charge is 0.326 e. The van der Waals surface area contributed by atoms with Gasteiger partial charge in [0.2, 0.25) is 17.7 Å². The highest BCUT2D eigenvalue weighted by Gasteiger charge is 2.30. The van der Waals surface area contributed by atoms with Crippen molar-refractivity contribution in [2.45, 2.75) is 49.9 Å². The van der Waals surface area contributed by atoms with Crippen LogP contribution in [0.15, 0.2) is 35.3 Å². The Morgan fingerprint density at radius 3 is 2.00 bits per heavy atom. The number of nitrogens with two attached hydrogens (primary N) is 3. The molecule has 4 atom stereocenters. The Morgan fingerprint density at radius 1 is 0.892 bits per heavy atom. The van der Waals surface area contributed by atoms with Crippen molar-refractivity contribution in [1.29, 1.82) is 0 Å². The van der Waals surface area contributed by atoms with Gasteiger partial charge < -0.3 is 43.4 Å². The molecule has 3 amide bonds. The fourth-order valence-electron chi connectivity index (χ4n) is 3.12. The van der Waals surface area contributed by atoms with E-state index >= 15 is 0 Å². The first-order valence-electron chi connectivity index (χ1n) is 11.3. The number of amides is 3. The maximum absolute atomic E-state index is 13.0. The second-order valence-electron chi connectivity index (χ2n) is 8.05. The lowest BCUT2D eigenvalue weighted by molar-refractivity contribution is -0.142. The molecule has 0 heterocycles. The van der Waals surface area contributed by atoms with Crippen molar-refractivity contribution in [1.82, 2.24) is 16.0 Å². The van der Waals surface area contributed by atoms with Crippen molar-refractivity contribution in [3.8, 4) is 0 Å². The molecule has 0 aliphatic carbocycles. The van der Waals surface area contributed by atoms with Gasteiger partial charge in [0.1, 0.15) is 18.1 Å². The van der Waals surface area contributed by atoms with E-state index < -0.39 is 60.2 Å². The maximum Gasteiger partial charge on any atom is 0.326 e. The molecular weight excluding hydrogens is 506 g/mol. The maximum atomic E-state index is 13.0. The Balaban J connectivity index is 2.97. The number of nitrogens with zero attached hydrogens (tertiary/aromatic N) is 1. The van der Waals surface area contributed by atoms with Crippen molar-refractivity contribution in [3.63, 3.8) is 0 Å². The van der Waals surface area contributed by atoms with Crippen LogP contribution < -0.4 is 33.2 Å². The van der Waals surface area contributed by atoms with Crippen molar-refractivity contribution in [2.75, 3.05) is 12.3 Å². The molecule has 1 aromatic carbocycles. The largest absolute Gasteiger partial charge is 0.481 e. The molecule has 4 unspecified atom stereocenters. The van der Waals surface area contributed by atoms with Gasteiger partial charge in [-0.25, -0.2) is 4.79 Å². The quantitative estimate of drug-likeness (QED) is 0.0464. The number of aliphatic imine (C=N–C) groups is 1. The monoisotopic (exact) mass is 539 g/mol. The minimum Gasteiger partial charge on any atom is -0.481 e. The number of benzene rings is 1. The predicted molar refractivity (Wildman–Crippen MR) is 138 cm³/mol. The van der Waals surface area contributed by atoms with Crippen LogP contribution in [0.3, 0.4) is 0 Å². The van der Waals surface area contributed by atoms with E-state index in [0.717, 1.165) is 0 Å². The third kappa shape index (κ3) is 12.1. The van der Waals surface area contributed by atoms with Crippen LogP contribution in [0.4, 0.5) is 0 Å². The lowest BCUT2D eigenvalue weighted by Gasteiger charge is -2.24. The van der Waals surface area contributed by atoms with E-state index in [2.05, 4.69) is 33.6 Å². The van der Waals surface area contributed by atoms with E-state index in [9.17, 15) is 29.1 Å². The Bertz CT molecular complexity index is 973. The van der Waals surface area contributed by atoms with E-state index in [1.807, 2.05) is 0 Å². The zero-order valence-corrected chi connectivity index (χ0v) is 20.9. The van der Waals surface area contributed by atoms with Crippen LogP contribution in [-0.4, -0.2) is 82.3 Å². The first-order valence-corrected chi connectivity index (χ1v) is 11.9. The fourth-order valence-corrected chi connectivity index (χ4v) is 3.38. The minimum atomic E-state index is -1.40. The van der Waals surface area contributed by atoms with Gasteiger partial charge >= 0.3 is 11.9 Å². The molecule has 1 aromatic rings. The number of aliphatic carboxylic acids is 2. The summed E-state index contributed by atoms with van der Waals surface area (Å²) >= 11 is 4.03. The molecule has 0 radical (unpaired) electrons. The number of hydrogen-bond acceptors (Lipinski definition) is 8. The Morgan fingerprint density at radius 2 is 1.46 bits per heavy atom. The Labute approximate surface area is 218 Å². The van der Waals surface area contributed by atoms with Gasteiger partial charge in [-0.1, -0.05) is 30.3 Å². The molecule has 0 fully saturated rings. The first kappa shape index (κ1) is 31.2. The average molecular weight is 540 g/mol. The van der Waals surface area contributed by atoms with Crippen LogP contribution in [0.5, 0.6) is 0 Å². The molecule has 0 aromatic heterocycles. The van der Waals surface area contributed by atoms with Gasteiger partial charge in [0.05, 0.1) is 12.5 Å². The number of carbonyl (C=O) groups is 5. The summed E-state index contributed by atoms with van der Waals surface area (Å²) in [5.74, 6) is -5.37. The second-order valence-corrected chi connectivity index (χ2v) is 8.41. The fraction of sp³-hybridized carbons (Fsp3) is 0.455. The number of carboxylic acids is 2. The molecule has 1 rings (SSSR count). The average Bonchev–Trinajstić information content (AvgIpc) is 2.83. The van der Waals surface area contributed by atoms with Crippen LogP contribution in [0.25, 0.3) is 0 Å². The van der Waals surface area contributed by atoms with Gasteiger partial charge in [0.15, 0.2) is 5.96 Å². The van der Waals surface area contributed by atoms with Crippen LogP contribution in [0, 0.1) is 0 Å². The van der Waals surface area contributed by atoms with E-state index in [-0.39, 0.29) is 37.5 Å². The lowest BCUT2D eigenvalue weighted by Crippen LogP contribution is -2.58. The standard InChI is InChI=1S/C22H33N7O7S/c23-13(10-17(30)31)18(32)29-16(11-37)20(34)27-14(7-4-8-26-22(24)25)19(33)28-15(21(35)36)9-12-5-2-1-3-6-12/h1-3,5-6,13-16,37H,4,7-11,23H2,(H,27,34)(H,28,33)(H,29,32)(H,30,31)(H,35,36)(H4,24,25,26). The molecule has 11 N–H and O–H groups in total. The van der Waals surface area contributed by atoms with E-state index in [1.54, 1.807) is 30.3 Å². The van der Waals surface area contributed by atoms with Crippen molar-refractivity contribution in [3.05, 3.63) is 35.9 Å². The van der Waals surface area contributed by atoms with Gasteiger partial charge in [-0.15, -0.1) is 0 Å². The molecule has 0 spiro atoms. The third-order valence-electron chi connectivity index (χ3n) is 5.02. The van der Waals surface area contributed by atoms with Gasteiger partial charge in [0.25, 0.3) is 0 Å². The molecule has 204 valence electrons. The highest BCUT2D eigenvalue weighted by molar-refractivity contribution is 7.80. The Hall–Kier alpha value is -3.85. The topological polar surface area (TPSA) is 252 Å². The predicted octanol–water partition coefficient (Wildman–Crippen LogP) is -2.45. The molecule has 0 saturated carbocycles. The van der Waals surface area contributed by atoms with Crippen LogP contribution >= 0.6 is 12.6 Å². The van der Waals surface area contributed by atoms with Crippen molar-refractivity contribution >= 4 is 48.2 Å². The normalized spacial score (nSPS) is 13.8. The SMILES string of the molecule is NC(N)=NCCCC(NC(=O)C(CS)NC(=O)C(N)CC(=O)O)C(=O)NC(Cc1ccccc1)C(=O)O.